The highest BCUT2D eigenvalue weighted by Gasteiger charge is 2.39. The highest BCUT2D eigenvalue weighted by atomic mass is 35.5. The van der Waals surface area contributed by atoms with Crippen molar-refractivity contribution in [3.05, 3.63) is 81.6 Å². The number of amides is 1. The second-order valence-electron chi connectivity index (χ2n) is 11.0. The van der Waals surface area contributed by atoms with Crippen molar-refractivity contribution in [2.75, 3.05) is 26.2 Å². The van der Waals surface area contributed by atoms with Crippen molar-refractivity contribution in [3.8, 4) is 0 Å². The zero-order chi connectivity index (χ0) is 26.8. The van der Waals surface area contributed by atoms with Gasteiger partial charge in [0.1, 0.15) is 0 Å². The number of piperazine rings is 1. The van der Waals surface area contributed by atoms with Crippen molar-refractivity contribution in [1.82, 2.24) is 30.0 Å². The highest BCUT2D eigenvalue weighted by Crippen LogP contribution is 2.36. The first-order valence-corrected chi connectivity index (χ1v) is 13.2. The molecule has 2 aromatic carbocycles. The van der Waals surface area contributed by atoms with Crippen molar-refractivity contribution in [2.45, 2.75) is 46.2 Å². The predicted molar refractivity (Wildman–Crippen MR) is 149 cm³/mol. The monoisotopic (exact) mass is 540 g/mol. The number of carbonyl (C=O) groups excluding carboxylic acids is 1. The average molecular weight is 542 g/mol. The second-order valence-corrected chi connectivity index (χ2v) is 11.8. The number of rotatable bonds is 6. The molecule has 1 amide bonds. The van der Waals surface area contributed by atoms with Gasteiger partial charge in [0.25, 0.3) is 5.91 Å². The largest absolute Gasteiger partial charge is 0.336 e. The lowest BCUT2D eigenvalue weighted by Gasteiger charge is -2.43. The van der Waals surface area contributed by atoms with E-state index in [1.807, 2.05) is 58.1 Å². The van der Waals surface area contributed by atoms with Gasteiger partial charge in [-0.3, -0.25) is 9.69 Å². The second kappa shape index (κ2) is 10.9. The van der Waals surface area contributed by atoms with Crippen molar-refractivity contribution in [2.24, 2.45) is 5.41 Å². The first kappa shape index (κ1) is 27.3. The Morgan fingerprint density at radius 3 is 2.27 bits per heavy atom. The number of aromatic nitrogens is 4. The first-order chi connectivity index (χ1) is 17.5. The summed E-state index contributed by atoms with van der Waals surface area (Å²) in [5, 5.41) is 14.2. The zero-order valence-corrected chi connectivity index (χ0v) is 23.5. The number of carbonyl (C=O) groups is 1. The van der Waals surface area contributed by atoms with Crippen LogP contribution in [-0.2, 0) is 5.54 Å². The highest BCUT2D eigenvalue weighted by molar-refractivity contribution is 6.35. The van der Waals surface area contributed by atoms with Crippen LogP contribution in [0.2, 0.25) is 10.0 Å². The number of hydrogen-bond donors (Lipinski definition) is 0. The molecule has 1 atom stereocenters. The molecule has 9 heteroatoms. The lowest BCUT2D eigenvalue weighted by Crippen LogP contribution is -2.55. The predicted octanol–water partition coefficient (Wildman–Crippen LogP) is 5.97. The molecule has 0 bridgehead atoms. The molecule has 1 saturated heterocycles. The summed E-state index contributed by atoms with van der Waals surface area (Å²) in [5.41, 5.74) is 0.991. The van der Waals surface area contributed by atoms with Gasteiger partial charge in [-0.15, -0.1) is 5.10 Å². The Bertz CT molecular complexity index is 1260. The number of allylic oxidation sites excluding steroid dienone is 1. The summed E-state index contributed by atoms with van der Waals surface area (Å²) < 4.78 is 1.92. The summed E-state index contributed by atoms with van der Waals surface area (Å²) in [6.07, 6.45) is 4.10. The van der Waals surface area contributed by atoms with Gasteiger partial charge in [0, 0.05) is 41.8 Å². The van der Waals surface area contributed by atoms with E-state index in [1.54, 1.807) is 6.07 Å². The summed E-state index contributed by atoms with van der Waals surface area (Å²) in [7, 11) is 0. The van der Waals surface area contributed by atoms with Crippen LogP contribution >= 0.6 is 23.2 Å². The molecule has 0 radical (unpaired) electrons. The molecule has 1 aliphatic rings. The molecule has 1 fully saturated rings. The molecule has 4 rings (SSSR count). The van der Waals surface area contributed by atoms with Crippen LogP contribution in [0.5, 0.6) is 0 Å². The van der Waals surface area contributed by atoms with Gasteiger partial charge in [0.05, 0.1) is 11.6 Å². The fourth-order valence-corrected chi connectivity index (χ4v) is 5.20. The summed E-state index contributed by atoms with van der Waals surface area (Å²) in [6, 6.07) is 14.8. The SMILES string of the molecule is CC(C)(C)[C@H](C=Cc1ccc(Cl)cc1Cl)n1nnnc1C(C)(C)N1CCN(C(=O)c2ccccc2)CC1. The lowest BCUT2D eigenvalue weighted by molar-refractivity contribution is 0.0334. The fraction of sp³-hybridized carbons (Fsp3) is 0.429. The first-order valence-electron chi connectivity index (χ1n) is 12.5. The van der Waals surface area contributed by atoms with Gasteiger partial charge in [0.15, 0.2) is 5.82 Å². The Kier molecular flexibility index (Phi) is 8.07. The van der Waals surface area contributed by atoms with Gasteiger partial charge in [-0.1, -0.05) is 80.4 Å². The molecule has 1 aromatic heterocycles. The van der Waals surface area contributed by atoms with E-state index in [-0.39, 0.29) is 17.4 Å². The number of tetrazole rings is 1. The summed E-state index contributed by atoms with van der Waals surface area (Å²) in [6.45, 7) is 13.5. The van der Waals surface area contributed by atoms with E-state index < -0.39 is 5.54 Å². The van der Waals surface area contributed by atoms with Crippen LogP contribution in [0.25, 0.3) is 6.08 Å². The molecule has 196 valence electrons. The van der Waals surface area contributed by atoms with E-state index in [0.717, 1.165) is 30.0 Å². The molecule has 0 spiro atoms. The van der Waals surface area contributed by atoms with Crippen molar-refractivity contribution in [3.63, 3.8) is 0 Å². The number of nitrogens with zero attached hydrogens (tertiary/aromatic N) is 6. The van der Waals surface area contributed by atoms with Crippen LogP contribution < -0.4 is 0 Å². The summed E-state index contributed by atoms with van der Waals surface area (Å²) in [5.74, 6) is 0.851. The van der Waals surface area contributed by atoms with Gasteiger partial charge in [0.2, 0.25) is 0 Å². The van der Waals surface area contributed by atoms with E-state index in [0.29, 0.717) is 23.1 Å². The van der Waals surface area contributed by atoms with Gasteiger partial charge < -0.3 is 4.90 Å². The molecule has 37 heavy (non-hydrogen) atoms. The van der Waals surface area contributed by atoms with Crippen LogP contribution in [-0.4, -0.2) is 62.1 Å². The summed E-state index contributed by atoms with van der Waals surface area (Å²) >= 11 is 12.5. The Balaban J connectivity index is 1.55. The quantitative estimate of drug-likeness (QED) is 0.385. The number of benzene rings is 2. The van der Waals surface area contributed by atoms with Crippen LogP contribution in [0, 0.1) is 5.41 Å². The Morgan fingerprint density at radius 1 is 0.973 bits per heavy atom. The maximum atomic E-state index is 12.9. The molecule has 1 aliphatic heterocycles. The molecule has 0 unspecified atom stereocenters. The molecule has 0 N–H and O–H groups in total. The van der Waals surface area contributed by atoms with Crippen LogP contribution in [0.4, 0.5) is 0 Å². The smallest absolute Gasteiger partial charge is 0.253 e. The maximum Gasteiger partial charge on any atom is 0.253 e. The summed E-state index contributed by atoms with van der Waals surface area (Å²) in [4.78, 5) is 17.2. The van der Waals surface area contributed by atoms with Gasteiger partial charge in [-0.25, -0.2) is 4.68 Å². The third kappa shape index (κ3) is 6.06. The molecular formula is C28H34Cl2N6O. The van der Waals surface area contributed by atoms with E-state index in [1.165, 1.54) is 0 Å². The number of hydrogen-bond acceptors (Lipinski definition) is 5. The molecule has 0 aliphatic carbocycles. The van der Waals surface area contributed by atoms with E-state index in [2.05, 4.69) is 61.1 Å². The third-order valence-electron chi connectivity index (χ3n) is 6.99. The number of halogens is 2. The topological polar surface area (TPSA) is 67.2 Å². The normalized spacial score (nSPS) is 16.4. The zero-order valence-electron chi connectivity index (χ0n) is 22.0. The molecule has 2 heterocycles. The fourth-order valence-electron chi connectivity index (χ4n) is 4.73. The molecule has 7 nitrogen and oxygen atoms in total. The molecule has 0 saturated carbocycles. The van der Waals surface area contributed by atoms with E-state index >= 15 is 0 Å². The minimum absolute atomic E-state index is 0.0710. The van der Waals surface area contributed by atoms with Crippen molar-refractivity contribution in [1.29, 1.82) is 0 Å². The average Bonchev–Trinajstić information content (AvgIpc) is 3.35. The maximum absolute atomic E-state index is 12.9. The minimum atomic E-state index is -0.444. The Hall–Kier alpha value is -2.74. The van der Waals surface area contributed by atoms with E-state index in [4.69, 9.17) is 23.2 Å². The Morgan fingerprint density at radius 2 is 1.65 bits per heavy atom. The lowest BCUT2D eigenvalue weighted by atomic mass is 9.85. The van der Waals surface area contributed by atoms with Crippen LogP contribution in [0.15, 0.2) is 54.6 Å². The molecule has 3 aromatic rings. The van der Waals surface area contributed by atoms with Gasteiger partial charge in [-0.2, -0.15) is 0 Å². The van der Waals surface area contributed by atoms with Gasteiger partial charge >= 0.3 is 0 Å². The third-order valence-corrected chi connectivity index (χ3v) is 7.55. The molecular weight excluding hydrogens is 507 g/mol. The van der Waals surface area contributed by atoms with Crippen LogP contribution in [0.1, 0.15) is 62.4 Å². The van der Waals surface area contributed by atoms with Crippen LogP contribution in [0.3, 0.4) is 0 Å². The van der Waals surface area contributed by atoms with Crippen molar-refractivity contribution >= 4 is 35.2 Å². The van der Waals surface area contributed by atoms with E-state index in [9.17, 15) is 4.79 Å². The van der Waals surface area contributed by atoms with Crippen molar-refractivity contribution < 1.29 is 4.79 Å². The minimum Gasteiger partial charge on any atom is -0.336 e. The standard InChI is InChI=1S/C28H34Cl2N6O/c1-27(2,3)24(14-12-20-11-13-22(29)19-23(20)30)36-26(31-32-33-36)28(4,5)35-17-15-34(16-18-35)25(37)21-9-7-6-8-10-21/h6-14,19,24H,15-18H2,1-5H3/t24-/m0/s1. The Labute approximate surface area is 229 Å². The van der Waals surface area contributed by atoms with Gasteiger partial charge in [-0.05, 0) is 59.5 Å².